The van der Waals surface area contributed by atoms with Crippen LogP contribution in [0.4, 0.5) is 4.39 Å². The molecule has 2 rings (SSSR count). The first-order chi connectivity index (χ1) is 8.99. The molecule has 3 nitrogen and oxygen atoms in total. The van der Waals surface area contributed by atoms with Crippen molar-refractivity contribution in [1.29, 1.82) is 0 Å². The molecule has 2 aromatic rings. The lowest BCUT2D eigenvalue weighted by Crippen LogP contribution is -2.27. The van der Waals surface area contributed by atoms with Gasteiger partial charge >= 0.3 is 0 Å². The number of hydrogen-bond donors (Lipinski definition) is 1. The van der Waals surface area contributed by atoms with Crippen molar-refractivity contribution in [3.05, 3.63) is 50.1 Å². The Kier molecular flexibility index (Phi) is 4.31. The molecule has 0 aliphatic heterocycles. The molecule has 1 atom stereocenters. The monoisotopic (exact) mass is 342 g/mol. The number of amides is 1. The standard InChI is InChI=1S/C13H12BrFN2OS/c1-7-6-19-13(16-7)8(2)17-12(18)9-4-3-5-10(14)11(9)15/h3-6,8H,1-2H3,(H,17,18). The molecular weight excluding hydrogens is 331 g/mol. The fourth-order valence-corrected chi connectivity index (χ4v) is 2.76. The van der Waals surface area contributed by atoms with Gasteiger partial charge in [-0.15, -0.1) is 11.3 Å². The van der Waals surface area contributed by atoms with Crippen molar-refractivity contribution < 1.29 is 9.18 Å². The van der Waals surface area contributed by atoms with Gasteiger partial charge in [0.15, 0.2) is 0 Å². The van der Waals surface area contributed by atoms with E-state index in [2.05, 4.69) is 26.2 Å². The zero-order chi connectivity index (χ0) is 14.0. The molecule has 0 saturated carbocycles. The average molecular weight is 343 g/mol. The van der Waals surface area contributed by atoms with Crippen LogP contribution in [0, 0.1) is 12.7 Å². The molecule has 0 radical (unpaired) electrons. The predicted molar refractivity (Wildman–Crippen MR) is 76.8 cm³/mol. The molecule has 19 heavy (non-hydrogen) atoms. The lowest BCUT2D eigenvalue weighted by molar-refractivity contribution is 0.0935. The highest BCUT2D eigenvalue weighted by Gasteiger charge is 2.17. The Labute approximate surface area is 123 Å². The van der Waals surface area contributed by atoms with Gasteiger partial charge in [0.2, 0.25) is 0 Å². The summed E-state index contributed by atoms with van der Waals surface area (Å²) >= 11 is 4.54. The third kappa shape index (κ3) is 3.19. The first-order valence-corrected chi connectivity index (χ1v) is 7.33. The maximum Gasteiger partial charge on any atom is 0.254 e. The molecule has 0 aliphatic carbocycles. The summed E-state index contributed by atoms with van der Waals surface area (Å²) in [5, 5.41) is 5.46. The topological polar surface area (TPSA) is 42.0 Å². The number of aromatic nitrogens is 1. The number of benzene rings is 1. The Morgan fingerprint density at radius 3 is 2.89 bits per heavy atom. The molecule has 0 bridgehead atoms. The second kappa shape index (κ2) is 5.79. The largest absolute Gasteiger partial charge is 0.343 e. The van der Waals surface area contributed by atoms with E-state index in [4.69, 9.17) is 0 Å². The highest BCUT2D eigenvalue weighted by atomic mass is 79.9. The van der Waals surface area contributed by atoms with Gasteiger partial charge in [-0.05, 0) is 41.9 Å². The molecule has 1 unspecified atom stereocenters. The summed E-state index contributed by atoms with van der Waals surface area (Å²) in [6.07, 6.45) is 0. The second-order valence-electron chi connectivity index (χ2n) is 4.12. The molecule has 0 fully saturated rings. The van der Waals surface area contributed by atoms with Gasteiger partial charge in [0.1, 0.15) is 10.8 Å². The molecule has 1 N–H and O–H groups in total. The van der Waals surface area contributed by atoms with Gasteiger partial charge in [-0.2, -0.15) is 0 Å². The van der Waals surface area contributed by atoms with E-state index < -0.39 is 11.7 Å². The molecule has 1 amide bonds. The molecule has 1 heterocycles. The van der Waals surface area contributed by atoms with Crippen molar-refractivity contribution in [1.82, 2.24) is 10.3 Å². The number of halogens is 2. The Morgan fingerprint density at radius 2 is 2.26 bits per heavy atom. The number of thiazole rings is 1. The van der Waals surface area contributed by atoms with E-state index in [1.165, 1.54) is 17.4 Å². The summed E-state index contributed by atoms with van der Waals surface area (Å²) in [6, 6.07) is 4.39. The number of aryl methyl sites for hydroxylation is 1. The van der Waals surface area contributed by atoms with Crippen molar-refractivity contribution in [2.24, 2.45) is 0 Å². The summed E-state index contributed by atoms with van der Waals surface area (Å²) < 4.78 is 14.1. The fraction of sp³-hybridized carbons (Fsp3) is 0.231. The van der Waals surface area contributed by atoms with Crippen LogP contribution in [-0.2, 0) is 0 Å². The first kappa shape index (κ1) is 14.1. The number of carbonyl (C=O) groups is 1. The van der Waals surface area contributed by atoms with E-state index in [-0.39, 0.29) is 16.1 Å². The van der Waals surface area contributed by atoms with Crippen LogP contribution in [0.5, 0.6) is 0 Å². The average Bonchev–Trinajstić information content (AvgIpc) is 2.79. The van der Waals surface area contributed by atoms with Crippen LogP contribution < -0.4 is 5.32 Å². The van der Waals surface area contributed by atoms with Crippen molar-refractivity contribution in [3.8, 4) is 0 Å². The number of nitrogens with one attached hydrogen (secondary N) is 1. The highest BCUT2D eigenvalue weighted by molar-refractivity contribution is 9.10. The molecule has 0 spiro atoms. The van der Waals surface area contributed by atoms with E-state index in [0.29, 0.717) is 0 Å². The minimum atomic E-state index is -0.553. The number of hydrogen-bond acceptors (Lipinski definition) is 3. The molecule has 0 aliphatic rings. The maximum absolute atomic E-state index is 13.8. The highest BCUT2D eigenvalue weighted by Crippen LogP contribution is 2.21. The van der Waals surface area contributed by atoms with E-state index in [9.17, 15) is 9.18 Å². The van der Waals surface area contributed by atoms with Crippen LogP contribution in [0.15, 0.2) is 28.1 Å². The zero-order valence-corrected chi connectivity index (χ0v) is 12.8. The van der Waals surface area contributed by atoms with Crippen molar-refractivity contribution in [2.45, 2.75) is 19.9 Å². The SMILES string of the molecule is Cc1csc(C(C)NC(=O)c2cccc(Br)c2F)n1. The molecule has 1 aromatic carbocycles. The van der Waals surface area contributed by atoms with Crippen LogP contribution in [0.3, 0.4) is 0 Å². The smallest absolute Gasteiger partial charge is 0.254 e. The lowest BCUT2D eigenvalue weighted by Gasteiger charge is -2.12. The van der Waals surface area contributed by atoms with Crippen LogP contribution in [0.1, 0.15) is 34.0 Å². The van der Waals surface area contributed by atoms with Gasteiger partial charge in [0, 0.05) is 11.1 Å². The van der Waals surface area contributed by atoms with Gasteiger partial charge in [0.05, 0.1) is 16.1 Å². The third-order valence-corrected chi connectivity index (χ3v) is 4.31. The van der Waals surface area contributed by atoms with Gasteiger partial charge in [-0.1, -0.05) is 6.07 Å². The summed E-state index contributed by atoms with van der Waals surface area (Å²) in [5.74, 6) is -0.998. The zero-order valence-electron chi connectivity index (χ0n) is 10.4. The molecule has 6 heteroatoms. The van der Waals surface area contributed by atoms with Crippen LogP contribution in [0.2, 0.25) is 0 Å². The summed E-state index contributed by atoms with van der Waals surface area (Å²) in [7, 11) is 0. The Morgan fingerprint density at radius 1 is 1.53 bits per heavy atom. The number of carbonyl (C=O) groups excluding carboxylic acids is 1. The van der Waals surface area contributed by atoms with E-state index in [1.54, 1.807) is 12.1 Å². The molecule has 0 saturated heterocycles. The van der Waals surface area contributed by atoms with Crippen molar-refractivity contribution in [2.75, 3.05) is 0 Å². The minimum absolute atomic E-state index is 0.0227. The minimum Gasteiger partial charge on any atom is -0.343 e. The van der Waals surface area contributed by atoms with Gasteiger partial charge in [-0.3, -0.25) is 4.79 Å². The fourth-order valence-electron chi connectivity index (χ4n) is 1.59. The molecular formula is C13H12BrFN2OS. The van der Waals surface area contributed by atoms with Crippen LogP contribution >= 0.6 is 27.3 Å². The van der Waals surface area contributed by atoms with Gasteiger partial charge in [-0.25, -0.2) is 9.37 Å². The predicted octanol–water partition coefficient (Wildman–Crippen LogP) is 3.84. The normalized spacial score (nSPS) is 12.2. The van der Waals surface area contributed by atoms with Crippen molar-refractivity contribution in [3.63, 3.8) is 0 Å². The lowest BCUT2D eigenvalue weighted by atomic mass is 10.2. The van der Waals surface area contributed by atoms with Gasteiger partial charge in [0.25, 0.3) is 5.91 Å². The summed E-state index contributed by atoms with van der Waals surface area (Å²) in [6.45, 7) is 3.72. The Bertz CT molecular complexity index is 614. The quantitative estimate of drug-likeness (QED) is 0.920. The number of rotatable bonds is 3. The van der Waals surface area contributed by atoms with Crippen molar-refractivity contribution >= 4 is 33.2 Å². The van der Waals surface area contributed by atoms with Gasteiger partial charge < -0.3 is 5.32 Å². The second-order valence-corrected chi connectivity index (χ2v) is 5.87. The van der Waals surface area contributed by atoms with Crippen LogP contribution in [0.25, 0.3) is 0 Å². The van der Waals surface area contributed by atoms with Crippen LogP contribution in [-0.4, -0.2) is 10.9 Å². The first-order valence-electron chi connectivity index (χ1n) is 5.66. The summed E-state index contributed by atoms with van der Waals surface area (Å²) in [4.78, 5) is 16.3. The van der Waals surface area contributed by atoms with E-state index >= 15 is 0 Å². The van der Waals surface area contributed by atoms with E-state index in [1.807, 2.05) is 19.2 Å². The molecule has 100 valence electrons. The third-order valence-electron chi connectivity index (χ3n) is 2.55. The summed E-state index contributed by atoms with van der Waals surface area (Å²) in [5.41, 5.74) is 0.934. The Hall–Kier alpha value is -1.27. The number of nitrogens with zero attached hydrogens (tertiary/aromatic N) is 1. The maximum atomic E-state index is 13.8. The molecule has 1 aromatic heterocycles. The Balaban J connectivity index is 2.15. The van der Waals surface area contributed by atoms with E-state index in [0.717, 1.165) is 10.7 Å².